The lowest BCUT2D eigenvalue weighted by Gasteiger charge is -2.27. The van der Waals surface area contributed by atoms with Crippen LogP contribution in [-0.2, 0) is 27.9 Å². The van der Waals surface area contributed by atoms with Gasteiger partial charge in [-0.2, -0.15) is 31.6 Å². The highest BCUT2D eigenvalue weighted by Crippen LogP contribution is 2.39. The van der Waals surface area contributed by atoms with E-state index in [1.165, 1.54) is 0 Å². The molecular weight excluding hydrogens is 511 g/mol. The lowest BCUT2D eigenvalue weighted by Crippen LogP contribution is -2.31. The summed E-state index contributed by atoms with van der Waals surface area (Å²) in [6.07, 6.45) is 1.60. The molecule has 0 bridgehead atoms. The van der Waals surface area contributed by atoms with Crippen LogP contribution in [0.3, 0.4) is 0 Å². The number of aryl methyl sites for hydroxylation is 1. The molecule has 0 N–H and O–H groups in total. The van der Waals surface area contributed by atoms with Gasteiger partial charge in [0.25, 0.3) is 0 Å². The summed E-state index contributed by atoms with van der Waals surface area (Å²) in [4.78, 5) is 10.4. The highest BCUT2D eigenvalue weighted by Gasteiger charge is 2.49. The lowest BCUT2D eigenvalue weighted by molar-refractivity contribution is -0.0503. The molecule has 1 unspecified atom stereocenters. The zero-order valence-corrected chi connectivity index (χ0v) is 21.1. The third-order valence-electron chi connectivity index (χ3n) is 6.88. The van der Waals surface area contributed by atoms with Crippen molar-refractivity contribution in [3.05, 3.63) is 58.8 Å². The highest BCUT2D eigenvalue weighted by atomic mass is 32.2. The predicted octanol–water partition coefficient (Wildman–Crippen LogP) is 4.45. The Bertz CT molecular complexity index is 1430. The second kappa shape index (κ2) is 9.73. The Kier molecular flexibility index (Phi) is 6.75. The summed E-state index contributed by atoms with van der Waals surface area (Å²) < 4.78 is 79.1. The minimum Gasteiger partial charge on any atom is -0.462 e. The van der Waals surface area contributed by atoms with Gasteiger partial charge in [0.15, 0.2) is 0 Å². The van der Waals surface area contributed by atoms with Gasteiger partial charge in [0.2, 0.25) is 5.88 Å². The van der Waals surface area contributed by atoms with Crippen molar-refractivity contribution in [2.24, 2.45) is 0 Å². The first-order valence-corrected chi connectivity index (χ1v) is 13.3. The number of ether oxygens (including phenoxy) is 2. The van der Waals surface area contributed by atoms with E-state index in [0.29, 0.717) is 5.69 Å². The maximum Gasteiger partial charge on any atom is 0.534 e. The Morgan fingerprint density at radius 2 is 1.92 bits per heavy atom. The topological polar surface area (TPSA) is 90.9 Å². The van der Waals surface area contributed by atoms with Gasteiger partial charge in [-0.05, 0) is 55.3 Å². The van der Waals surface area contributed by atoms with Gasteiger partial charge in [-0.3, -0.25) is 0 Å². The third-order valence-corrected chi connectivity index (χ3v) is 7.83. The molecule has 0 radical (unpaired) electrons. The minimum atomic E-state index is -5.95. The average molecular weight is 538 g/mol. The van der Waals surface area contributed by atoms with E-state index in [-0.39, 0.29) is 37.3 Å². The summed E-state index contributed by atoms with van der Waals surface area (Å²) >= 11 is 0. The van der Waals surface area contributed by atoms with Gasteiger partial charge in [0, 0.05) is 12.5 Å². The van der Waals surface area contributed by atoms with E-state index in [0.717, 1.165) is 41.3 Å². The Morgan fingerprint density at radius 3 is 2.62 bits per heavy atom. The zero-order chi connectivity index (χ0) is 26.4. The van der Waals surface area contributed by atoms with Crippen molar-refractivity contribution in [2.75, 3.05) is 20.2 Å². The number of hydrogen-bond donors (Lipinski definition) is 0. The SMILES string of the molecule is Cc1cccc2cccc(C3Cc4nc(OC[C@@H]5CCCN5C)nc(OS(=O)(=O)C(F)(F)F)c4CO3)c12. The Morgan fingerprint density at radius 1 is 1.16 bits per heavy atom. The third kappa shape index (κ3) is 5.10. The number of alkyl halides is 3. The van der Waals surface area contributed by atoms with Crippen molar-refractivity contribution in [1.82, 2.24) is 14.9 Å². The van der Waals surface area contributed by atoms with Crippen molar-refractivity contribution in [2.45, 2.75) is 50.4 Å². The smallest absolute Gasteiger partial charge is 0.462 e. The first kappa shape index (κ1) is 25.7. The highest BCUT2D eigenvalue weighted by molar-refractivity contribution is 7.87. The molecule has 1 saturated heterocycles. The number of likely N-dealkylation sites (tertiary alicyclic amines) is 1. The second-order valence-corrected chi connectivity index (χ2v) is 10.9. The van der Waals surface area contributed by atoms with Gasteiger partial charge in [-0.25, -0.2) is 0 Å². The summed E-state index contributed by atoms with van der Waals surface area (Å²) in [5, 5.41) is 2.05. The first-order chi connectivity index (χ1) is 17.5. The lowest BCUT2D eigenvalue weighted by atomic mass is 9.93. The zero-order valence-electron chi connectivity index (χ0n) is 20.3. The van der Waals surface area contributed by atoms with E-state index >= 15 is 0 Å². The number of nitrogens with zero attached hydrogens (tertiary/aromatic N) is 3. The van der Waals surface area contributed by atoms with Crippen LogP contribution in [0.25, 0.3) is 10.8 Å². The number of benzene rings is 2. The Labute approximate surface area is 212 Å². The van der Waals surface area contributed by atoms with Gasteiger partial charge in [0.1, 0.15) is 6.61 Å². The van der Waals surface area contributed by atoms with Crippen molar-refractivity contribution >= 4 is 20.9 Å². The number of likely N-dealkylation sites (N-methyl/N-ethyl adjacent to an activating group) is 1. The molecule has 37 heavy (non-hydrogen) atoms. The first-order valence-electron chi connectivity index (χ1n) is 11.9. The maximum atomic E-state index is 13.1. The molecule has 2 aliphatic rings. The van der Waals surface area contributed by atoms with Gasteiger partial charge < -0.3 is 18.6 Å². The molecule has 1 aromatic heterocycles. The number of hydrogen-bond acceptors (Lipinski definition) is 8. The molecule has 0 aliphatic carbocycles. The monoisotopic (exact) mass is 537 g/mol. The molecule has 198 valence electrons. The normalized spacial score (nSPS) is 20.7. The van der Waals surface area contributed by atoms with Crippen LogP contribution in [0.2, 0.25) is 0 Å². The van der Waals surface area contributed by atoms with Crippen LogP contribution in [-0.4, -0.2) is 55.0 Å². The van der Waals surface area contributed by atoms with Crippen LogP contribution in [0.4, 0.5) is 13.2 Å². The van der Waals surface area contributed by atoms with Crippen LogP contribution in [0.1, 0.15) is 41.3 Å². The fourth-order valence-corrected chi connectivity index (χ4v) is 5.33. The molecule has 5 rings (SSSR count). The molecule has 2 aromatic carbocycles. The maximum absolute atomic E-state index is 13.1. The van der Waals surface area contributed by atoms with Gasteiger partial charge in [0.05, 0.1) is 24.0 Å². The van der Waals surface area contributed by atoms with Crippen molar-refractivity contribution < 1.29 is 35.2 Å². The van der Waals surface area contributed by atoms with E-state index in [1.807, 2.05) is 50.4 Å². The average Bonchev–Trinajstić information content (AvgIpc) is 3.26. The van der Waals surface area contributed by atoms with Crippen LogP contribution >= 0.6 is 0 Å². The molecule has 12 heteroatoms. The van der Waals surface area contributed by atoms with Crippen molar-refractivity contribution in [3.63, 3.8) is 0 Å². The Hall–Kier alpha value is -2.96. The van der Waals surface area contributed by atoms with E-state index in [4.69, 9.17) is 9.47 Å². The molecule has 0 amide bonds. The standard InChI is InChI=1S/C25H26F3N3O5S/c1-15-6-3-7-16-8-4-10-18(22(15)16)21-12-20-19(14-34-21)23(36-37(32,33)25(26,27)28)30-24(29-20)35-13-17-9-5-11-31(17)2/h3-4,6-8,10,17,21H,5,9,11-14H2,1-2H3/t17-,21?/m0/s1. The molecule has 3 aromatic rings. The van der Waals surface area contributed by atoms with E-state index in [2.05, 4.69) is 19.1 Å². The van der Waals surface area contributed by atoms with Crippen molar-refractivity contribution in [1.29, 1.82) is 0 Å². The minimum absolute atomic E-state index is 0.0476. The van der Waals surface area contributed by atoms with Crippen LogP contribution in [0, 0.1) is 6.92 Å². The van der Waals surface area contributed by atoms with Gasteiger partial charge in [-0.1, -0.05) is 36.4 Å². The molecule has 2 atom stereocenters. The molecule has 0 saturated carbocycles. The summed E-state index contributed by atoms with van der Waals surface area (Å²) in [5.41, 5.74) is -3.29. The van der Waals surface area contributed by atoms with Crippen LogP contribution in [0.15, 0.2) is 36.4 Å². The molecular formula is C25H26F3N3O5S. The van der Waals surface area contributed by atoms with Crippen molar-refractivity contribution in [3.8, 4) is 11.9 Å². The second-order valence-electron chi connectivity index (χ2n) is 9.33. The van der Waals surface area contributed by atoms with E-state index < -0.39 is 27.6 Å². The van der Waals surface area contributed by atoms with Gasteiger partial charge >= 0.3 is 21.6 Å². The molecule has 2 aliphatic heterocycles. The summed E-state index contributed by atoms with van der Waals surface area (Å²) in [6, 6.07) is 11.6. The fourth-order valence-electron chi connectivity index (χ4n) is 4.89. The number of halogens is 3. The number of rotatable bonds is 6. The van der Waals surface area contributed by atoms with Gasteiger partial charge in [-0.15, -0.1) is 0 Å². The quantitative estimate of drug-likeness (QED) is 0.337. The number of aromatic nitrogens is 2. The van der Waals surface area contributed by atoms with Crippen LogP contribution < -0.4 is 8.92 Å². The van der Waals surface area contributed by atoms with E-state index in [9.17, 15) is 21.6 Å². The van der Waals surface area contributed by atoms with E-state index in [1.54, 1.807) is 0 Å². The molecule has 3 heterocycles. The largest absolute Gasteiger partial charge is 0.534 e. The fraction of sp³-hybridized carbons (Fsp3) is 0.440. The number of fused-ring (bicyclic) bond motifs is 2. The molecule has 0 spiro atoms. The summed E-state index contributed by atoms with van der Waals surface area (Å²) in [7, 11) is -4.00. The summed E-state index contributed by atoms with van der Waals surface area (Å²) in [5.74, 6) is -0.732. The molecule has 8 nitrogen and oxygen atoms in total. The molecule has 1 fully saturated rings. The predicted molar refractivity (Wildman–Crippen MR) is 129 cm³/mol. The Balaban J connectivity index is 1.51. The summed E-state index contributed by atoms with van der Waals surface area (Å²) in [6.45, 7) is 2.88. The van der Waals surface area contributed by atoms with Crippen LogP contribution in [0.5, 0.6) is 11.9 Å².